The van der Waals surface area contributed by atoms with Gasteiger partial charge in [0, 0.05) is 13.0 Å². The van der Waals surface area contributed by atoms with Crippen molar-refractivity contribution in [3.8, 4) is 0 Å². The zero-order valence-corrected chi connectivity index (χ0v) is 38.5. The summed E-state index contributed by atoms with van der Waals surface area (Å²) in [4.78, 5) is 22.6. The van der Waals surface area contributed by atoms with E-state index in [1.165, 1.54) is 44.9 Å². The summed E-state index contributed by atoms with van der Waals surface area (Å²) in [5.74, 6) is -0.407. The Morgan fingerprint density at radius 1 is 0.533 bits per heavy atom. The number of aliphatic hydroxyl groups excluding tert-OH is 2. The lowest BCUT2D eigenvalue weighted by molar-refractivity contribution is -0.154. The van der Waals surface area contributed by atoms with Gasteiger partial charge < -0.3 is 24.6 Å². The smallest absolute Gasteiger partial charge is 0.457 e. The molecule has 9 nitrogen and oxygen atoms in total. The Hall–Kier alpha value is -2.62. The number of carbonyl (C=O) groups is 1. The van der Waals surface area contributed by atoms with Crippen LogP contribution >= 0.6 is 7.82 Å². The van der Waals surface area contributed by atoms with Gasteiger partial charge >= 0.3 is 13.8 Å². The monoisotopic (exact) mass is 861 g/mol. The van der Waals surface area contributed by atoms with Crippen LogP contribution in [0.4, 0.5) is 0 Å². The van der Waals surface area contributed by atoms with E-state index in [1.54, 1.807) is 0 Å². The molecule has 0 fully saturated rings. The lowest BCUT2D eigenvalue weighted by Gasteiger charge is -2.20. The Bertz CT molecular complexity index is 1250. The number of esters is 1. The molecule has 0 spiro atoms. The molecule has 60 heavy (non-hydrogen) atoms. The number of hydrogen-bond donors (Lipinski definition) is 3. The van der Waals surface area contributed by atoms with E-state index in [0.717, 1.165) is 96.3 Å². The van der Waals surface area contributed by atoms with Crippen molar-refractivity contribution in [1.29, 1.82) is 0 Å². The average Bonchev–Trinajstić information content (AvgIpc) is 3.24. The lowest BCUT2D eigenvalue weighted by Crippen LogP contribution is -2.29. The van der Waals surface area contributed by atoms with Crippen LogP contribution in [0.1, 0.15) is 168 Å². The number of phosphoric acid groups is 1. The average molecular weight is 861 g/mol. The fraction of sp³-hybridized carbons (Fsp3) is 0.660. The van der Waals surface area contributed by atoms with E-state index in [-0.39, 0.29) is 13.0 Å². The van der Waals surface area contributed by atoms with Crippen molar-refractivity contribution in [3.05, 3.63) is 97.2 Å². The Morgan fingerprint density at radius 3 is 1.43 bits per heavy atom. The number of rotatable bonds is 43. The Balaban J connectivity index is 4.25. The molecule has 3 atom stereocenters. The minimum Gasteiger partial charge on any atom is -0.457 e. The summed E-state index contributed by atoms with van der Waals surface area (Å²) in [6, 6.07) is 0. The summed E-state index contributed by atoms with van der Waals surface area (Å²) in [6.45, 7) is 3.26. The van der Waals surface area contributed by atoms with E-state index in [1.807, 2.05) is 0 Å². The van der Waals surface area contributed by atoms with E-state index in [0.29, 0.717) is 13.0 Å². The molecule has 3 N–H and O–H groups in total. The Morgan fingerprint density at radius 2 is 0.950 bits per heavy atom. The van der Waals surface area contributed by atoms with Crippen LogP contribution in [-0.4, -0.2) is 66.3 Å². The minimum atomic E-state index is -4.54. The molecule has 0 aromatic rings. The molecular formula is C50H85O9P. The van der Waals surface area contributed by atoms with Gasteiger partial charge in [-0.2, -0.15) is 0 Å². The fourth-order valence-corrected chi connectivity index (χ4v) is 6.53. The Labute approximate surface area is 366 Å². The first-order valence-electron chi connectivity index (χ1n) is 23.2. The maximum Gasteiger partial charge on any atom is 0.472 e. The van der Waals surface area contributed by atoms with Crippen LogP contribution in [0.5, 0.6) is 0 Å². The molecule has 344 valence electrons. The first-order valence-corrected chi connectivity index (χ1v) is 24.7. The van der Waals surface area contributed by atoms with Crippen LogP contribution in [0.15, 0.2) is 97.2 Å². The summed E-state index contributed by atoms with van der Waals surface area (Å²) in [5.41, 5.74) is 0. The molecule has 0 aromatic heterocycles. The van der Waals surface area contributed by atoms with E-state index in [2.05, 4.69) is 111 Å². The first-order chi connectivity index (χ1) is 29.3. The number of unbranched alkanes of at least 4 members (excludes halogenated alkanes) is 13. The van der Waals surface area contributed by atoms with Gasteiger partial charge in [-0.3, -0.25) is 13.8 Å². The number of phosphoric ester groups is 1. The highest BCUT2D eigenvalue weighted by Gasteiger charge is 2.26. The summed E-state index contributed by atoms with van der Waals surface area (Å²) >= 11 is 0. The molecule has 3 unspecified atom stereocenters. The maximum absolute atomic E-state index is 12.6. The molecule has 0 bridgehead atoms. The molecule has 0 amide bonds. The zero-order valence-electron chi connectivity index (χ0n) is 37.6. The number of hydrogen-bond acceptors (Lipinski definition) is 8. The van der Waals surface area contributed by atoms with Crippen molar-refractivity contribution in [2.24, 2.45) is 0 Å². The van der Waals surface area contributed by atoms with Gasteiger partial charge in [0.1, 0.15) is 12.2 Å². The van der Waals surface area contributed by atoms with E-state index >= 15 is 0 Å². The number of carbonyl (C=O) groups excluding carboxylic acids is 1. The third-order valence-electron chi connectivity index (χ3n) is 9.25. The quantitative estimate of drug-likeness (QED) is 0.0237. The van der Waals surface area contributed by atoms with Gasteiger partial charge in [-0.25, -0.2) is 4.57 Å². The van der Waals surface area contributed by atoms with Gasteiger partial charge in [0.2, 0.25) is 0 Å². The minimum absolute atomic E-state index is 0.0170. The predicted octanol–water partition coefficient (Wildman–Crippen LogP) is 13.3. The second kappa shape index (κ2) is 45.9. The highest BCUT2D eigenvalue weighted by Crippen LogP contribution is 2.43. The molecule has 10 heteroatoms. The molecule has 0 aromatic carbocycles. The highest BCUT2D eigenvalue weighted by molar-refractivity contribution is 7.47. The number of allylic oxidation sites excluding steroid dienone is 16. The Kier molecular flexibility index (Phi) is 43.9. The van der Waals surface area contributed by atoms with Crippen LogP contribution in [0.25, 0.3) is 0 Å². The third kappa shape index (κ3) is 44.9. The topological polar surface area (TPSA) is 132 Å². The van der Waals surface area contributed by atoms with Crippen LogP contribution in [0.3, 0.4) is 0 Å². The normalized spacial score (nSPS) is 14.8. The van der Waals surface area contributed by atoms with Crippen molar-refractivity contribution in [3.63, 3.8) is 0 Å². The third-order valence-corrected chi connectivity index (χ3v) is 10.2. The first kappa shape index (κ1) is 57.4. The van der Waals surface area contributed by atoms with E-state index in [9.17, 15) is 19.4 Å². The van der Waals surface area contributed by atoms with Crippen LogP contribution < -0.4 is 0 Å². The molecule has 0 saturated heterocycles. The second-order valence-electron chi connectivity index (χ2n) is 15.0. The summed E-state index contributed by atoms with van der Waals surface area (Å²) < 4.78 is 33.4. The van der Waals surface area contributed by atoms with Crippen LogP contribution in [0, 0.1) is 0 Å². The van der Waals surface area contributed by atoms with E-state index in [4.69, 9.17) is 23.6 Å². The van der Waals surface area contributed by atoms with Crippen molar-refractivity contribution < 1.29 is 43.0 Å². The zero-order chi connectivity index (χ0) is 43.9. The molecule has 0 radical (unpaired) electrons. The predicted molar refractivity (Wildman–Crippen MR) is 251 cm³/mol. The molecule has 0 aliphatic heterocycles. The number of ether oxygens (including phenoxy) is 2. The molecule has 0 aliphatic rings. The molecule has 0 aliphatic carbocycles. The van der Waals surface area contributed by atoms with Gasteiger partial charge in [-0.05, 0) is 96.3 Å². The summed E-state index contributed by atoms with van der Waals surface area (Å²) in [7, 11) is -4.54. The van der Waals surface area contributed by atoms with Gasteiger partial charge in [0.05, 0.1) is 26.4 Å². The fourth-order valence-electron chi connectivity index (χ4n) is 5.74. The molecule has 0 heterocycles. The maximum atomic E-state index is 12.6. The number of aliphatic hydroxyl groups is 2. The second-order valence-corrected chi connectivity index (χ2v) is 16.5. The van der Waals surface area contributed by atoms with Crippen molar-refractivity contribution in [2.45, 2.75) is 180 Å². The van der Waals surface area contributed by atoms with Gasteiger partial charge in [-0.15, -0.1) is 0 Å². The van der Waals surface area contributed by atoms with Gasteiger partial charge in [0.15, 0.2) is 0 Å². The molecular weight excluding hydrogens is 776 g/mol. The van der Waals surface area contributed by atoms with Crippen molar-refractivity contribution in [2.75, 3.05) is 33.0 Å². The van der Waals surface area contributed by atoms with Crippen molar-refractivity contribution >= 4 is 13.8 Å². The van der Waals surface area contributed by atoms with Crippen molar-refractivity contribution in [1.82, 2.24) is 0 Å². The van der Waals surface area contributed by atoms with Crippen LogP contribution in [-0.2, 0) is 27.9 Å². The standard InChI is InChI=1S/C50H85O9P/c1-3-5-7-9-11-13-15-17-19-21-22-23-24-25-27-29-31-33-35-37-39-41-43-56-46-49(47-58-60(54,55)57-45-48(52)44-51)59-50(53)42-40-38-36-34-32-30-28-26-20-18-16-14-12-10-8-6-4-2/h5,7,11-14,17-20,22-23,25,27,31,33,48-49,51-52H,3-4,6,8-10,15-16,21,24,26,28-30,32,34-47H2,1-2H3,(H,54,55)/b7-5-,13-11-,14-12-,19-17-,20-18-,23-22-,27-25-,33-31-. The largest absolute Gasteiger partial charge is 0.472 e. The van der Waals surface area contributed by atoms with Gasteiger partial charge in [-0.1, -0.05) is 162 Å². The van der Waals surface area contributed by atoms with Crippen LogP contribution in [0.2, 0.25) is 0 Å². The lowest BCUT2D eigenvalue weighted by atomic mass is 10.1. The summed E-state index contributed by atoms with van der Waals surface area (Å²) in [5, 5.41) is 18.4. The SMILES string of the molecule is CC/C=C\C/C=C\C/C=C\C/C=C\C/C=C\C/C=C\CCCCCOCC(COP(=O)(O)OCC(O)CO)OC(=O)CCCCCCCCC/C=C\C/C=C\CCCCC. The molecule has 0 rings (SSSR count). The summed E-state index contributed by atoms with van der Waals surface area (Å²) in [6.07, 6.45) is 57.9. The van der Waals surface area contributed by atoms with Gasteiger partial charge in [0.25, 0.3) is 0 Å². The van der Waals surface area contributed by atoms with E-state index < -0.39 is 45.8 Å². The highest BCUT2D eigenvalue weighted by atomic mass is 31.2. The molecule has 0 saturated carbocycles.